The van der Waals surface area contributed by atoms with Crippen LogP contribution in [-0.2, 0) is 0 Å². The van der Waals surface area contributed by atoms with Gasteiger partial charge in [-0.3, -0.25) is 4.98 Å². The number of pyridine rings is 1. The maximum atomic E-state index is 12.3. The number of rotatable bonds is 3. The van der Waals surface area contributed by atoms with Crippen molar-refractivity contribution in [2.24, 2.45) is 0 Å². The molecule has 0 bridgehead atoms. The summed E-state index contributed by atoms with van der Waals surface area (Å²) in [6.45, 7) is 1.91. The first-order valence-corrected chi connectivity index (χ1v) is 7.52. The summed E-state index contributed by atoms with van der Waals surface area (Å²) in [7, 11) is 1.57. The molecule has 0 aliphatic carbocycles. The van der Waals surface area contributed by atoms with Gasteiger partial charge in [0.2, 0.25) is 5.89 Å². The second-order valence-corrected chi connectivity index (χ2v) is 5.46. The highest BCUT2D eigenvalue weighted by Crippen LogP contribution is 2.28. The van der Waals surface area contributed by atoms with Gasteiger partial charge in [-0.25, -0.2) is 4.79 Å². The minimum absolute atomic E-state index is 0.107. The van der Waals surface area contributed by atoms with E-state index in [1.807, 2.05) is 13.0 Å². The average molecular weight is 335 g/mol. The van der Waals surface area contributed by atoms with Crippen molar-refractivity contribution in [3.05, 3.63) is 58.7 Å². The molecule has 0 fully saturated rings. The topological polar surface area (TPSA) is 91.2 Å². The molecule has 3 aromatic heterocycles. The van der Waals surface area contributed by atoms with E-state index in [1.165, 1.54) is 0 Å². The fourth-order valence-electron chi connectivity index (χ4n) is 2.57. The third-order valence-corrected chi connectivity index (χ3v) is 3.83. The summed E-state index contributed by atoms with van der Waals surface area (Å²) in [5.74, 6) is 1.07. The molecule has 25 heavy (non-hydrogen) atoms. The first-order chi connectivity index (χ1) is 12.2. The Kier molecular flexibility index (Phi) is 3.53. The predicted octanol–water partition coefficient (Wildman–Crippen LogP) is 3.22. The Labute approximate surface area is 141 Å². The fourth-order valence-corrected chi connectivity index (χ4v) is 2.57. The molecule has 0 amide bonds. The lowest BCUT2D eigenvalue weighted by Gasteiger charge is -2.06. The van der Waals surface area contributed by atoms with Crippen molar-refractivity contribution in [2.75, 3.05) is 7.11 Å². The molecule has 4 rings (SSSR count). The van der Waals surface area contributed by atoms with Crippen molar-refractivity contribution in [2.45, 2.75) is 6.92 Å². The average Bonchev–Trinajstić information content (AvgIpc) is 3.11. The van der Waals surface area contributed by atoms with E-state index >= 15 is 0 Å². The molecule has 0 N–H and O–H groups in total. The quantitative estimate of drug-likeness (QED) is 0.531. The SMILES string of the molecule is COc1cc2oc(=O)c(-c3nnc(-c4ccncc4)o3)cc2cc1C. The van der Waals surface area contributed by atoms with Crippen molar-refractivity contribution in [3.63, 3.8) is 0 Å². The molecule has 0 aliphatic heterocycles. The Morgan fingerprint density at radius 2 is 1.76 bits per heavy atom. The molecule has 0 spiro atoms. The van der Waals surface area contributed by atoms with Gasteiger partial charge in [-0.2, -0.15) is 0 Å². The van der Waals surface area contributed by atoms with Crippen LogP contribution in [0.2, 0.25) is 0 Å². The Morgan fingerprint density at radius 3 is 2.52 bits per heavy atom. The number of hydrogen-bond acceptors (Lipinski definition) is 7. The molecule has 0 saturated carbocycles. The third kappa shape index (κ3) is 2.65. The van der Waals surface area contributed by atoms with Gasteiger partial charge >= 0.3 is 5.63 Å². The Hall–Kier alpha value is -3.48. The van der Waals surface area contributed by atoms with Gasteiger partial charge in [0.05, 0.1) is 7.11 Å². The van der Waals surface area contributed by atoms with Crippen LogP contribution < -0.4 is 10.4 Å². The van der Waals surface area contributed by atoms with Gasteiger partial charge in [0.15, 0.2) is 0 Å². The van der Waals surface area contributed by atoms with Crippen LogP contribution in [-0.4, -0.2) is 22.3 Å². The maximum absolute atomic E-state index is 12.3. The van der Waals surface area contributed by atoms with Crippen molar-refractivity contribution in [3.8, 4) is 28.7 Å². The Bertz CT molecular complexity index is 1120. The fraction of sp³-hybridized carbons (Fsp3) is 0.111. The van der Waals surface area contributed by atoms with Gasteiger partial charge in [-0.05, 0) is 36.8 Å². The molecular weight excluding hydrogens is 322 g/mol. The summed E-state index contributed by atoms with van der Waals surface area (Å²) in [4.78, 5) is 16.3. The summed E-state index contributed by atoms with van der Waals surface area (Å²) >= 11 is 0. The first kappa shape index (κ1) is 15.1. The molecule has 0 unspecified atom stereocenters. The molecule has 124 valence electrons. The zero-order valence-corrected chi connectivity index (χ0v) is 13.5. The first-order valence-electron chi connectivity index (χ1n) is 7.52. The lowest BCUT2D eigenvalue weighted by atomic mass is 10.1. The van der Waals surface area contributed by atoms with Gasteiger partial charge in [0, 0.05) is 29.4 Å². The molecule has 0 aliphatic rings. The van der Waals surface area contributed by atoms with E-state index in [0.717, 1.165) is 16.5 Å². The van der Waals surface area contributed by atoms with Crippen LogP contribution in [0.1, 0.15) is 5.56 Å². The number of nitrogens with zero attached hydrogens (tertiary/aromatic N) is 3. The number of hydrogen-bond donors (Lipinski definition) is 0. The number of aryl methyl sites for hydroxylation is 1. The van der Waals surface area contributed by atoms with Gasteiger partial charge in [-0.1, -0.05) is 0 Å². The van der Waals surface area contributed by atoms with E-state index in [0.29, 0.717) is 17.2 Å². The van der Waals surface area contributed by atoms with Crippen LogP contribution >= 0.6 is 0 Å². The van der Waals surface area contributed by atoms with Gasteiger partial charge in [0.1, 0.15) is 16.9 Å². The van der Waals surface area contributed by atoms with Crippen LogP contribution in [0.4, 0.5) is 0 Å². The molecule has 4 aromatic rings. The molecule has 0 radical (unpaired) electrons. The summed E-state index contributed by atoms with van der Waals surface area (Å²) in [6, 6.07) is 8.73. The largest absolute Gasteiger partial charge is 0.496 e. The van der Waals surface area contributed by atoms with Gasteiger partial charge in [-0.15, -0.1) is 10.2 Å². The molecule has 0 atom stereocenters. The number of benzene rings is 1. The Balaban J connectivity index is 1.83. The number of fused-ring (bicyclic) bond motifs is 1. The summed E-state index contributed by atoms with van der Waals surface area (Å²) in [5, 5.41) is 8.70. The van der Waals surface area contributed by atoms with Crippen LogP contribution in [0.15, 0.2) is 56.4 Å². The minimum atomic E-state index is -0.552. The third-order valence-electron chi connectivity index (χ3n) is 3.83. The lowest BCUT2D eigenvalue weighted by molar-refractivity contribution is 0.411. The number of methoxy groups -OCH3 is 1. The predicted molar refractivity (Wildman–Crippen MR) is 90.3 cm³/mol. The summed E-state index contributed by atoms with van der Waals surface area (Å²) < 4.78 is 16.3. The molecule has 0 saturated heterocycles. The van der Waals surface area contributed by atoms with Crippen molar-refractivity contribution in [1.29, 1.82) is 0 Å². The second kappa shape index (κ2) is 5.86. The zero-order chi connectivity index (χ0) is 17.4. The highest BCUT2D eigenvalue weighted by molar-refractivity contribution is 5.82. The highest BCUT2D eigenvalue weighted by atomic mass is 16.5. The van der Waals surface area contributed by atoms with E-state index in [9.17, 15) is 4.79 Å². The van der Waals surface area contributed by atoms with Crippen molar-refractivity contribution in [1.82, 2.24) is 15.2 Å². The normalized spacial score (nSPS) is 11.0. The Morgan fingerprint density at radius 1 is 1.00 bits per heavy atom. The molecule has 7 nitrogen and oxygen atoms in total. The lowest BCUT2D eigenvalue weighted by Crippen LogP contribution is -2.03. The monoisotopic (exact) mass is 335 g/mol. The molecule has 7 heteroatoms. The van der Waals surface area contributed by atoms with Crippen LogP contribution in [0.5, 0.6) is 5.75 Å². The standard InChI is InChI=1S/C18H13N3O4/c1-10-7-12-8-13(18(22)24-15(12)9-14(10)23-2)17-21-20-16(25-17)11-3-5-19-6-4-11/h3-9H,1-2H3. The van der Waals surface area contributed by atoms with Gasteiger partial charge < -0.3 is 13.6 Å². The van der Waals surface area contributed by atoms with Gasteiger partial charge in [0.25, 0.3) is 5.89 Å². The van der Waals surface area contributed by atoms with E-state index in [2.05, 4.69) is 15.2 Å². The minimum Gasteiger partial charge on any atom is -0.496 e. The maximum Gasteiger partial charge on any atom is 0.349 e. The smallest absolute Gasteiger partial charge is 0.349 e. The molecule has 3 heterocycles. The van der Waals surface area contributed by atoms with E-state index in [1.54, 1.807) is 43.8 Å². The second-order valence-electron chi connectivity index (χ2n) is 5.46. The van der Waals surface area contributed by atoms with E-state index < -0.39 is 5.63 Å². The summed E-state index contributed by atoms with van der Waals surface area (Å²) in [6.07, 6.45) is 3.25. The van der Waals surface area contributed by atoms with Crippen molar-refractivity contribution >= 4 is 11.0 Å². The molecule has 1 aromatic carbocycles. The van der Waals surface area contributed by atoms with E-state index in [-0.39, 0.29) is 11.5 Å². The number of ether oxygens (including phenoxy) is 1. The van der Waals surface area contributed by atoms with Crippen LogP contribution in [0.25, 0.3) is 33.9 Å². The van der Waals surface area contributed by atoms with Crippen LogP contribution in [0, 0.1) is 6.92 Å². The summed E-state index contributed by atoms with van der Waals surface area (Å²) in [5.41, 5.74) is 1.75. The molecular formula is C18H13N3O4. The van der Waals surface area contributed by atoms with E-state index in [4.69, 9.17) is 13.6 Å². The highest BCUT2D eigenvalue weighted by Gasteiger charge is 2.16. The van der Waals surface area contributed by atoms with Crippen molar-refractivity contribution < 1.29 is 13.6 Å². The number of aromatic nitrogens is 3. The van der Waals surface area contributed by atoms with Crippen LogP contribution in [0.3, 0.4) is 0 Å². The zero-order valence-electron chi connectivity index (χ0n) is 13.5.